The molecule has 4 N–H and O–H groups in total. The summed E-state index contributed by atoms with van der Waals surface area (Å²) in [5.74, 6) is -1.29. The number of carbonyl (C=O) groups excluding carboxylic acids is 2. The van der Waals surface area contributed by atoms with Gasteiger partial charge >= 0.3 is 6.18 Å². The van der Waals surface area contributed by atoms with E-state index in [4.69, 9.17) is 5.73 Å². The predicted molar refractivity (Wildman–Crippen MR) is 122 cm³/mol. The minimum Gasteiger partial charge on any atom is -0.365 e. The van der Waals surface area contributed by atoms with Crippen LogP contribution in [0, 0.1) is 0 Å². The quantitative estimate of drug-likeness (QED) is 0.488. The molecule has 2 aliphatic rings. The third-order valence-corrected chi connectivity index (χ3v) is 7.54. The van der Waals surface area contributed by atoms with Gasteiger partial charge in [0.15, 0.2) is 6.04 Å². The van der Waals surface area contributed by atoms with Crippen LogP contribution in [0.3, 0.4) is 0 Å². The lowest BCUT2D eigenvalue weighted by molar-refractivity contribution is -0.173. The minimum atomic E-state index is -4.55. The van der Waals surface area contributed by atoms with Crippen molar-refractivity contribution in [3.63, 3.8) is 0 Å². The smallest absolute Gasteiger partial charge is 0.365 e. The molecule has 2 aromatic heterocycles. The number of hydrogen-bond acceptors (Lipinski definition) is 5. The van der Waals surface area contributed by atoms with E-state index in [1.807, 2.05) is 0 Å². The van der Waals surface area contributed by atoms with Crippen LogP contribution in [0.2, 0.25) is 0 Å². The number of primary amides is 1. The van der Waals surface area contributed by atoms with Crippen LogP contribution in [0.5, 0.6) is 0 Å². The van der Waals surface area contributed by atoms with Crippen LogP contribution >= 0.6 is 11.3 Å². The van der Waals surface area contributed by atoms with Crippen molar-refractivity contribution in [3.05, 3.63) is 63.7 Å². The minimum absolute atomic E-state index is 0.0122. The number of thiophene rings is 1. The Labute approximate surface area is 197 Å². The van der Waals surface area contributed by atoms with Crippen LogP contribution in [0.4, 0.5) is 24.0 Å². The zero-order valence-electron chi connectivity index (χ0n) is 18.0. The first-order valence-electron chi connectivity index (χ1n) is 11.0. The summed E-state index contributed by atoms with van der Waals surface area (Å²) in [6, 6.07) is 6.24. The molecule has 1 aromatic carbocycles. The van der Waals surface area contributed by atoms with E-state index in [9.17, 15) is 22.8 Å². The second kappa shape index (κ2) is 8.46. The van der Waals surface area contributed by atoms with Gasteiger partial charge < -0.3 is 16.4 Å². The van der Waals surface area contributed by atoms with Crippen LogP contribution < -0.4 is 16.4 Å². The molecule has 3 aromatic rings. The molecule has 0 spiro atoms. The van der Waals surface area contributed by atoms with Gasteiger partial charge in [-0.15, -0.1) is 11.3 Å². The van der Waals surface area contributed by atoms with E-state index in [1.54, 1.807) is 30.3 Å². The normalized spacial score (nSPS) is 19.6. The Hall–Kier alpha value is -3.34. The van der Waals surface area contributed by atoms with Crippen LogP contribution in [-0.4, -0.2) is 27.8 Å². The molecule has 3 heterocycles. The van der Waals surface area contributed by atoms with E-state index in [1.165, 1.54) is 11.3 Å². The highest BCUT2D eigenvalue weighted by molar-refractivity contribution is 7.17. The van der Waals surface area contributed by atoms with Gasteiger partial charge in [0.1, 0.15) is 16.4 Å². The van der Waals surface area contributed by atoms with Crippen LogP contribution in [0.15, 0.2) is 36.5 Å². The second-order valence-corrected chi connectivity index (χ2v) is 9.59. The van der Waals surface area contributed by atoms with E-state index >= 15 is 0 Å². The van der Waals surface area contributed by atoms with E-state index in [0.29, 0.717) is 17.0 Å². The monoisotopic (exact) mass is 489 g/mol. The molecule has 1 aliphatic carbocycles. The molecular weight excluding hydrogens is 467 g/mol. The lowest BCUT2D eigenvalue weighted by Crippen LogP contribution is -2.36. The number of carbonyl (C=O) groups is 2. The number of nitrogens with two attached hydrogens (primary N) is 1. The van der Waals surface area contributed by atoms with Gasteiger partial charge in [0.2, 0.25) is 0 Å². The Morgan fingerprint density at radius 1 is 1.18 bits per heavy atom. The SMILES string of the molecule is NC(=O)c1c(NC(=O)c2cnn3c2N[C@H](c2ccccc2)C[C@H]3C(F)(F)F)sc2c1CCCC2. The number of hydrogen-bond donors (Lipinski definition) is 3. The molecule has 0 saturated heterocycles. The summed E-state index contributed by atoms with van der Waals surface area (Å²) in [6.07, 6.45) is -0.259. The molecule has 34 heavy (non-hydrogen) atoms. The van der Waals surface area contributed by atoms with Crippen LogP contribution in [-0.2, 0) is 12.8 Å². The van der Waals surface area contributed by atoms with Crippen molar-refractivity contribution >= 4 is 34.0 Å². The third-order valence-electron chi connectivity index (χ3n) is 6.33. The second-order valence-electron chi connectivity index (χ2n) is 8.49. The molecule has 0 fully saturated rings. The number of nitrogens with zero attached hydrogens (tertiary/aromatic N) is 2. The summed E-state index contributed by atoms with van der Waals surface area (Å²) in [5.41, 5.74) is 7.39. The Kier molecular flexibility index (Phi) is 5.59. The number of fused-ring (bicyclic) bond motifs is 2. The van der Waals surface area contributed by atoms with Gasteiger partial charge in [0, 0.05) is 11.3 Å². The fourth-order valence-corrected chi connectivity index (χ4v) is 6.01. The van der Waals surface area contributed by atoms with E-state index < -0.39 is 30.1 Å². The van der Waals surface area contributed by atoms with Crippen molar-refractivity contribution in [1.29, 1.82) is 0 Å². The van der Waals surface area contributed by atoms with Gasteiger partial charge in [-0.05, 0) is 36.8 Å². The maximum absolute atomic E-state index is 13.9. The molecule has 0 bridgehead atoms. The maximum atomic E-state index is 13.9. The van der Waals surface area contributed by atoms with Gasteiger partial charge in [-0.1, -0.05) is 30.3 Å². The summed E-state index contributed by atoms with van der Waals surface area (Å²) < 4.78 is 42.5. The van der Waals surface area contributed by atoms with Crippen LogP contribution in [0.25, 0.3) is 0 Å². The van der Waals surface area contributed by atoms with Gasteiger partial charge in [0.05, 0.1) is 17.8 Å². The van der Waals surface area contributed by atoms with Crippen LogP contribution in [0.1, 0.15) is 68.1 Å². The Morgan fingerprint density at radius 3 is 2.62 bits per heavy atom. The topological polar surface area (TPSA) is 102 Å². The summed E-state index contributed by atoms with van der Waals surface area (Å²) in [6.45, 7) is 0. The molecule has 178 valence electrons. The number of amides is 2. The Bertz CT molecular complexity index is 1250. The molecule has 2 atom stereocenters. The van der Waals surface area contributed by atoms with Crippen molar-refractivity contribution in [3.8, 4) is 0 Å². The first-order valence-corrected chi connectivity index (χ1v) is 11.8. The summed E-state index contributed by atoms with van der Waals surface area (Å²) >= 11 is 1.30. The summed E-state index contributed by atoms with van der Waals surface area (Å²) in [4.78, 5) is 26.3. The highest BCUT2D eigenvalue weighted by atomic mass is 32.1. The molecule has 1 aliphatic heterocycles. The van der Waals surface area contributed by atoms with E-state index in [-0.39, 0.29) is 23.4 Å². The fourth-order valence-electron chi connectivity index (χ4n) is 4.72. The van der Waals surface area contributed by atoms with E-state index in [0.717, 1.165) is 40.6 Å². The molecule has 7 nitrogen and oxygen atoms in total. The molecule has 0 unspecified atom stereocenters. The lowest BCUT2D eigenvalue weighted by atomic mass is 9.95. The molecule has 0 saturated carbocycles. The molecule has 0 radical (unpaired) electrons. The predicted octanol–water partition coefficient (Wildman–Crippen LogP) is 4.83. The summed E-state index contributed by atoms with van der Waals surface area (Å²) in [5, 5.41) is 10.0. The number of benzene rings is 1. The van der Waals surface area contributed by atoms with Gasteiger partial charge in [0.25, 0.3) is 11.8 Å². The molecular formula is C23H22F3N5O2S. The average molecular weight is 490 g/mol. The Morgan fingerprint density at radius 2 is 1.91 bits per heavy atom. The molecule has 11 heteroatoms. The molecule has 2 amide bonds. The zero-order valence-corrected chi connectivity index (χ0v) is 18.8. The number of rotatable bonds is 4. The largest absolute Gasteiger partial charge is 0.410 e. The fraction of sp³-hybridized carbons (Fsp3) is 0.348. The first kappa shape index (κ1) is 22.5. The number of nitrogens with one attached hydrogen (secondary N) is 2. The standard InChI is InChI=1S/C23H22F3N5O2S/c24-23(25,26)17-10-15(12-6-2-1-3-7-12)29-20-14(11-28-31(17)20)21(33)30-22-18(19(27)32)13-8-4-5-9-16(13)34-22/h1-3,6-7,11,15,17,29H,4-5,8-10H2,(H2,27,32)(H,30,33)/t15-,17-/m0/s1. The number of aromatic nitrogens is 2. The molecule has 5 rings (SSSR count). The van der Waals surface area contributed by atoms with Gasteiger partial charge in [-0.3, -0.25) is 9.59 Å². The number of alkyl halides is 3. The van der Waals surface area contributed by atoms with Gasteiger partial charge in [-0.2, -0.15) is 18.3 Å². The number of halogens is 3. The third kappa shape index (κ3) is 3.93. The van der Waals surface area contributed by atoms with Crippen molar-refractivity contribution in [2.24, 2.45) is 5.73 Å². The number of aryl methyl sites for hydroxylation is 1. The van der Waals surface area contributed by atoms with Crippen molar-refractivity contribution < 1.29 is 22.8 Å². The first-order chi connectivity index (χ1) is 16.2. The van der Waals surface area contributed by atoms with E-state index in [2.05, 4.69) is 15.7 Å². The average Bonchev–Trinajstić information content (AvgIpc) is 3.39. The van der Waals surface area contributed by atoms with Crippen molar-refractivity contribution in [2.45, 2.75) is 50.4 Å². The highest BCUT2D eigenvalue weighted by Crippen LogP contribution is 2.45. The van der Waals surface area contributed by atoms with Crippen molar-refractivity contribution in [2.75, 3.05) is 10.6 Å². The van der Waals surface area contributed by atoms with Crippen molar-refractivity contribution in [1.82, 2.24) is 9.78 Å². The maximum Gasteiger partial charge on any atom is 0.410 e. The zero-order chi connectivity index (χ0) is 24.0. The summed E-state index contributed by atoms with van der Waals surface area (Å²) in [7, 11) is 0. The number of anilines is 2. The lowest BCUT2D eigenvalue weighted by Gasteiger charge is -2.34. The van der Waals surface area contributed by atoms with Gasteiger partial charge in [-0.25, -0.2) is 4.68 Å². The Balaban J connectivity index is 1.50. The highest BCUT2D eigenvalue weighted by Gasteiger charge is 2.47.